The molecule has 4 aromatic carbocycles. The van der Waals surface area contributed by atoms with Crippen molar-refractivity contribution >= 4 is 32.7 Å². The normalized spacial score (nSPS) is 12.4. The Morgan fingerprint density at radius 3 is 2.14 bits per heavy atom. The monoisotopic (exact) mass is 561 g/mol. The topological polar surface area (TPSA) is 50.9 Å². The zero-order chi connectivity index (χ0) is 29.9. The Labute approximate surface area is 252 Å². The summed E-state index contributed by atoms with van der Waals surface area (Å²) in [5.74, 6) is 1.09. The summed E-state index contributed by atoms with van der Waals surface area (Å²) in [6.07, 6.45) is 1.89. The lowest BCUT2D eigenvalue weighted by Gasteiger charge is -2.27. The first-order chi connectivity index (χ1) is 20.6. The summed E-state index contributed by atoms with van der Waals surface area (Å²) in [6, 6.07) is 37.9. The van der Waals surface area contributed by atoms with E-state index in [4.69, 9.17) is 9.97 Å². The highest BCUT2D eigenvalue weighted by Gasteiger charge is 2.28. The largest absolute Gasteiger partial charge is 0.506 e. The molecule has 3 heterocycles. The van der Waals surface area contributed by atoms with Crippen molar-refractivity contribution in [3.8, 4) is 22.7 Å². The fourth-order valence-electron chi connectivity index (χ4n) is 6.31. The zero-order valence-electron chi connectivity index (χ0n) is 25.3. The number of nitrogens with zero attached hydrogens (tertiary/aromatic N) is 3. The molecule has 7 rings (SSSR count). The number of aromatic hydroxyl groups is 1. The lowest BCUT2D eigenvalue weighted by molar-refractivity contribution is 0.479. The van der Waals surface area contributed by atoms with Crippen LogP contribution in [0.4, 0.5) is 0 Å². The van der Waals surface area contributed by atoms with Gasteiger partial charge >= 0.3 is 0 Å². The van der Waals surface area contributed by atoms with Crippen molar-refractivity contribution < 1.29 is 5.11 Å². The molecular weight excluding hydrogens is 526 g/mol. The van der Waals surface area contributed by atoms with Gasteiger partial charge in [-0.1, -0.05) is 107 Å². The lowest BCUT2D eigenvalue weighted by Crippen LogP contribution is -2.21. The second kappa shape index (κ2) is 9.81. The van der Waals surface area contributed by atoms with E-state index in [9.17, 15) is 5.11 Å². The van der Waals surface area contributed by atoms with Crippen LogP contribution in [0.5, 0.6) is 5.75 Å². The maximum atomic E-state index is 10.8. The predicted octanol–water partition coefficient (Wildman–Crippen LogP) is 9.72. The van der Waals surface area contributed by atoms with Gasteiger partial charge in [-0.2, -0.15) is 0 Å². The Hall–Kier alpha value is -4.96. The maximum Gasteiger partial charge on any atom is 0.141 e. The first-order valence-corrected chi connectivity index (χ1v) is 14.8. The molecule has 1 N–H and O–H groups in total. The molecule has 7 aromatic rings. The molecule has 0 bridgehead atoms. The Bertz CT molecular complexity index is 2150. The fraction of sp³-hybridized carbons (Fsp3) is 0.179. The smallest absolute Gasteiger partial charge is 0.141 e. The van der Waals surface area contributed by atoms with E-state index in [2.05, 4.69) is 130 Å². The third kappa shape index (κ3) is 4.45. The van der Waals surface area contributed by atoms with Gasteiger partial charge in [0.2, 0.25) is 0 Å². The molecule has 4 nitrogen and oxygen atoms in total. The van der Waals surface area contributed by atoms with Crippen LogP contribution >= 0.6 is 0 Å². The Morgan fingerprint density at radius 1 is 0.628 bits per heavy atom. The van der Waals surface area contributed by atoms with Gasteiger partial charge in [-0.05, 0) is 64.1 Å². The quantitative estimate of drug-likeness (QED) is 0.233. The van der Waals surface area contributed by atoms with Crippen LogP contribution in [0.25, 0.3) is 49.7 Å². The number of hydrogen-bond acceptors (Lipinski definition) is 3. The van der Waals surface area contributed by atoms with Crippen LogP contribution in [0.3, 0.4) is 0 Å². The molecule has 0 spiro atoms. The highest BCUT2D eigenvalue weighted by Crippen LogP contribution is 2.40. The van der Waals surface area contributed by atoms with Crippen LogP contribution in [0.15, 0.2) is 115 Å². The van der Waals surface area contributed by atoms with Crippen molar-refractivity contribution in [3.05, 3.63) is 132 Å². The van der Waals surface area contributed by atoms with Crippen molar-refractivity contribution in [2.45, 2.75) is 45.4 Å². The number of phenolic OH excluding ortho intramolecular Hbond substituents is 1. The molecule has 0 aliphatic rings. The Morgan fingerprint density at radius 2 is 1.35 bits per heavy atom. The molecule has 212 valence electrons. The van der Waals surface area contributed by atoms with E-state index in [1.165, 1.54) is 16.3 Å². The van der Waals surface area contributed by atoms with Gasteiger partial charge in [0.15, 0.2) is 0 Å². The fourth-order valence-corrected chi connectivity index (χ4v) is 6.31. The van der Waals surface area contributed by atoms with Crippen LogP contribution in [0.1, 0.15) is 51.4 Å². The van der Waals surface area contributed by atoms with Crippen LogP contribution in [-0.2, 0) is 10.8 Å². The molecule has 0 radical (unpaired) electrons. The van der Waals surface area contributed by atoms with Crippen molar-refractivity contribution in [1.82, 2.24) is 14.5 Å². The molecule has 0 saturated heterocycles. The van der Waals surface area contributed by atoms with Gasteiger partial charge in [-0.25, -0.2) is 9.97 Å². The minimum absolute atomic E-state index is 0.0606. The van der Waals surface area contributed by atoms with Gasteiger partial charge in [-0.15, -0.1) is 0 Å². The summed E-state index contributed by atoms with van der Waals surface area (Å²) in [6.45, 7) is 11.0. The van der Waals surface area contributed by atoms with Crippen LogP contribution in [-0.4, -0.2) is 19.6 Å². The molecular formula is C39H35N3O. The molecule has 43 heavy (non-hydrogen) atoms. The molecule has 0 atom stereocenters. The highest BCUT2D eigenvalue weighted by molar-refractivity contribution is 6.09. The van der Waals surface area contributed by atoms with Gasteiger partial charge in [0.1, 0.15) is 17.1 Å². The minimum atomic E-state index is -0.423. The van der Waals surface area contributed by atoms with Crippen LogP contribution < -0.4 is 0 Å². The summed E-state index contributed by atoms with van der Waals surface area (Å²) in [5.41, 5.74) is 7.90. The van der Waals surface area contributed by atoms with Crippen molar-refractivity contribution in [3.63, 3.8) is 0 Å². The summed E-state index contributed by atoms with van der Waals surface area (Å²) in [4.78, 5) is 9.93. The molecule has 4 heteroatoms. The number of phenols is 1. The molecule has 3 aromatic heterocycles. The van der Waals surface area contributed by atoms with E-state index in [0.717, 1.165) is 44.6 Å². The van der Waals surface area contributed by atoms with Crippen LogP contribution in [0.2, 0.25) is 0 Å². The zero-order valence-corrected chi connectivity index (χ0v) is 25.3. The third-order valence-corrected chi connectivity index (χ3v) is 8.76. The SMILES string of the molecule is CC(C)(C)c1ccc(O)c2nc(C(C)(C)c3ccc4c5ccccc5n(-c5cc(-c6ccccc6)ccn5)c4c3)ccc12. The van der Waals surface area contributed by atoms with Gasteiger partial charge in [0.05, 0.1) is 16.7 Å². The standard InChI is InChI=1S/C39H35N3O/c1-38(2,3)31-18-19-34(43)37-30(31)17-20-35(41-37)39(4,5)27-15-16-29-28-13-9-10-14-32(28)42(33(29)24-27)36-23-26(21-22-40-36)25-11-7-6-8-12-25/h6-24,43H,1-5H3. The third-order valence-electron chi connectivity index (χ3n) is 8.76. The van der Waals surface area contributed by atoms with Gasteiger partial charge in [0.25, 0.3) is 0 Å². The average molecular weight is 562 g/mol. The second-order valence-corrected chi connectivity index (χ2v) is 13.0. The molecule has 0 aliphatic heterocycles. The number of rotatable bonds is 4. The molecule has 0 unspecified atom stereocenters. The number of hydrogen-bond donors (Lipinski definition) is 1. The first-order valence-electron chi connectivity index (χ1n) is 14.8. The van der Waals surface area contributed by atoms with Gasteiger partial charge in [0, 0.05) is 27.8 Å². The molecule has 0 amide bonds. The van der Waals surface area contributed by atoms with E-state index < -0.39 is 5.41 Å². The summed E-state index contributed by atoms with van der Waals surface area (Å²) in [7, 11) is 0. The van der Waals surface area contributed by atoms with Gasteiger partial charge in [-0.3, -0.25) is 4.57 Å². The molecule has 0 fully saturated rings. The van der Waals surface area contributed by atoms with Gasteiger partial charge < -0.3 is 5.11 Å². The first kappa shape index (κ1) is 26.9. The van der Waals surface area contributed by atoms with E-state index in [-0.39, 0.29) is 11.2 Å². The predicted molar refractivity (Wildman–Crippen MR) is 178 cm³/mol. The number of benzene rings is 4. The van der Waals surface area contributed by atoms with Crippen molar-refractivity contribution in [2.24, 2.45) is 0 Å². The average Bonchev–Trinajstić information content (AvgIpc) is 3.35. The summed E-state index contributed by atoms with van der Waals surface area (Å²) < 4.78 is 2.27. The van der Waals surface area contributed by atoms with E-state index in [0.29, 0.717) is 5.52 Å². The van der Waals surface area contributed by atoms with Crippen molar-refractivity contribution in [2.75, 3.05) is 0 Å². The highest BCUT2D eigenvalue weighted by atomic mass is 16.3. The molecule has 0 aliphatic carbocycles. The second-order valence-electron chi connectivity index (χ2n) is 13.0. The lowest BCUT2D eigenvalue weighted by atomic mass is 9.80. The number of fused-ring (bicyclic) bond motifs is 4. The van der Waals surface area contributed by atoms with E-state index in [1.54, 1.807) is 6.07 Å². The Kier molecular flexibility index (Phi) is 6.14. The van der Waals surface area contributed by atoms with E-state index >= 15 is 0 Å². The van der Waals surface area contributed by atoms with E-state index in [1.807, 2.05) is 18.3 Å². The number of aromatic nitrogens is 3. The van der Waals surface area contributed by atoms with Crippen LogP contribution in [0, 0.1) is 0 Å². The molecule has 0 saturated carbocycles. The number of para-hydroxylation sites is 1. The van der Waals surface area contributed by atoms with Crippen molar-refractivity contribution in [1.29, 1.82) is 0 Å². The summed E-state index contributed by atoms with van der Waals surface area (Å²) in [5, 5.41) is 14.2. The maximum absolute atomic E-state index is 10.8. The Balaban J connectivity index is 1.41. The summed E-state index contributed by atoms with van der Waals surface area (Å²) >= 11 is 0. The minimum Gasteiger partial charge on any atom is -0.506 e. The number of pyridine rings is 2.